The number of aromatic nitrogens is 2. The van der Waals surface area contributed by atoms with Gasteiger partial charge in [0.2, 0.25) is 12.3 Å². The van der Waals surface area contributed by atoms with E-state index in [-0.39, 0.29) is 27.8 Å². The lowest BCUT2D eigenvalue weighted by Crippen LogP contribution is -2.51. The van der Waals surface area contributed by atoms with Gasteiger partial charge in [-0.25, -0.2) is 9.07 Å². The van der Waals surface area contributed by atoms with Crippen LogP contribution < -0.4 is 10.8 Å². The van der Waals surface area contributed by atoms with E-state index in [1.165, 1.54) is 23.2 Å². The molecular formula is C30H41ClFN5O2. The summed E-state index contributed by atoms with van der Waals surface area (Å²) >= 11 is 6.03. The molecular weight excluding hydrogens is 517 g/mol. The molecule has 9 heteroatoms. The molecule has 212 valence electrons. The molecule has 0 spiro atoms. The van der Waals surface area contributed by atoms with Crippen molar-refractivity contribution in [2.75, 3.05) is 13.1 Å². The van der Waals surface area contributed by atoms with E-state index in [9.17, 15) is 14.0 Å². The fourth-order valence-electron chi connectivity index (χ4n) is 4.96. The molecule has 1 aliphatic carbocycles. The van der Waals surface area contributed by atoms with E-state index in [1.54, 1.807) is 12.3 Å². The first-order chi connectivity index (χ1) is 18.3. The van der Waals surface area contributed by atoms with Crippen LogP contribution in [0.3, 0.4) is 0 Å². The van der Waals surface area contributed by atoms with Crippen molar-refractivity contribution in [3.8, 4) is 11.3 Å². The maximum absolute atomic E-state index is 13.8. The van der Waals surface area contributed by atoms with Crippen LogP contribution in [0.4, 0.5) is 4.39 Å². The lowest BCUT2D eigenvalue weighted by atomic mass is 9.87. The maximum Gasteiger partial charge on any atom is 0.225 e. The largest absolute Gasteiger partial charge is 0.352 e. The number of hydrogen-bond donors (Lipinski definition) is 2. The Kier molecular flexibility index (Phi) is 10.1. The molecule has 0 radical (unpaired) electrons. The summed E-state index contributed by atoms with van der Waals surface area (Å²) in [5.74, 6) is -0.333. The van der Waals surface area contributed by atoms with Gasteiger partial charge in [0.1, 0.15) is 11.3 Å². The molecule has 0 atom stereocenters. The van der Waals surface area contributed by atoms with Crippen molar-refractivity contribution in [3.63, 3.8) is 0 Å². The highest BCUT2D eigenvalue weighted by Gasteiger charge is 2.29. The van der Waals surface area contributed by atoms with E-state index in [2.05, 4.69) is 10.4 Å². The molecule has 0 unspecified atom stereocenters. The van der Waals surface area contributed by atoms with Gasteiger partial charge in [0.05, 0.1) is 16.3 Å². The van der Waals surface area contributed by atoms with Crippen LogP contribution in [-0.4, -0.2) is 45.6 Å². The van der Waals surface area contributed by atoms with Gasteiger partial charge in [-0.15, -0.1) is 0 Å². The monoisotopic (exact) mass is 557 g/mol. The quantitative estimate of drug-likeness (QED) is 0.356. The zero-order valence-corrected chi connectivity index (χ0v) is 24.4. The van der Waals surface area contributed by atoms with Crippen LogP contribution in [0.2, 0.25) is 5.02 Å². The first-order valence-corrected chi connectivity index (χ1v) is 14.0. The molecule has 2 amide bonds. The Balaban J connectivity index is 1.86. The van der Waals surface area contributed by atoms with Crippen molar-refractivity contribution in [2.45, 2.75) is 84.1 Å². The second-order valence-corrected chi connectivity index (χ2v) is 12.4. The van der Waals surface area contributed by atoms with Crippen molar-refractivity contribution >= 4 is 30.1 Å². The van der Waals surface area contributed by atoms with Crippen LogP contribution >= 0.6 is 11.6 Å². The van der Waals surface area contributed by atoms with Crippen LogP contribution in [-0.2, 0) is 15.0 Å². The smallest absolute Gasteiger partial charge is 0.225 e. The number of amides is 2. The molecule has 0 saturated heterocycles. The van der Waals surface area contributed by atoms with Crippen LogP contribution in [0, 0.1) is 17.1 Å². The standard InChI is InChI=1S/C30H41ClFN5O2/c1-29(2,3)23-18-26(22-13-14-25(32)24(31)17-22)35-37(27(23)33)16-10-9-15-36(19-30(4,5)34-20-38)28(39)21-11-7-6-8-12-21/h10,13-14,16-18,20-21,33H,6-9,11-12,15,19H2,1-5H3,(H,34,38)/b16-10+,33-27?. The summed E-state index contributed by atoms with van der Waals surface area (Å²) in [4.78, 5) is 26.4. The van der Waals surface area contributed by atoms with Gasteiger partial charge in [0.25, 0.3) is 0 Å². The van der Waals surface area contributed by atoms with Crippen LogP contribution in [0.25, 0.3) is 17.5 Å². The molecule has 3 rings (SSSR count). The third-order valence-corrected chi connectivity index (χ3v) is 7.41. The van der Waals surface area contributed by atoms with Crippen molar-refractivity contribution in [1.29, 1.82) is 5.41 Å². The van der Waals surface area contributed by atoms with Crippen molar-refractivity contribution in [1.82, 2.24) is 20.0 Å². The Bertz CT molecular complexity index is 1260. The fraction of sp³-hybridized carbons (Fsp3) is 0.533. The van der Waals surface area contributed by atoms with Gasteiger partial charge in [-0.3, -0.25) is 15.0 Å². The van der Waals surface area contributed by atoms with Gasteiger partial charge in [-0.05, 0) is 62.8 Å². The van der Waals surface area contributed by atoms with E-state index < -0.39 is 11.4 Å². The van der Waals surface area contributed by atoms with Gasteiger partial charge < -0.3 is 10.2 Å². The number of nitrogens with one attached hydrogen (secondary N) is 2. The van der Waals surface area contributed by atoms with Gasteiger partial charge >= 0.3 is 0 Å². The molecule has 7 nitrogen and oxygen atoms in total. The summed E-state index contributed by atoms with van der Waals surface area (Å²) in [6.07, 6.45) is 10.0. The predicted octanol–water partition coefficient (Wildman–Crippen LogP) is 5.91. The maximum atomic E-state index is 13.8. The second kappa shape index (κ2) is 12.9. The Morgan fingerprint density at radius 1 is 1.21 bits per heavy atom. The van der Waals surface area contributed by atoms with E-state index in [1.807, 2.05) is 51.7 Å². The second-order valence-electron chi connectivity index (χ2n) is 12.0. The summed E-state index contributed by atoms with van der Waals surface area (Å²) in [7, 11) is 0. The molecule has 1 fully saturated rings. The normalized spacial score (nSPS) is 14.9. The van der Waals surface area contributed by atoms with Crippen LogP contribution in [0.15, 0.2) is 30.3 Å². The lowest BCUT2D eigenvalue weighted by molar-refractivity contribution is -0.137. The number of benzene rings is 1. The van der Waals surface area contributed by atoms with Crippen molar-refractivity contribution in [2.24, 2.45) is 5.92 Å². The molecule has 2 aromatic rings. The molecule has 1 aliphatic rings. The summed E-state index contributed by atoms with van der Waals surface area (Å²) < 4.78 is 15.3. The highest BCUT2D eigenvalue weighted by Crippen LogP contribution is 2.28. The Morgan fingerprint density at radius 3 is 2.51 bits per heavy atom. The first-order valence-electron chi connectivity index (χ1n) is 13.6. The number of hydrogen-bond acceptors (Lipinski definition) is 4. The molecule has 1 saturated carbocycles. The zero-order chi connectivity index (χ0) is 28.8. The number of carbonyl (C=O) groups is 2. The number of halogens is 2. The van der Waals surface area contributed by atoms with E-state index in [0.29, 0.717) is 37.2 Å². The highest BCUT2D eigenvalue weighted by molar-refractivity contribution is 6.31. The molecule has 1 heterocycles. The van der Waals surface area contributed by atoms with E-state index >= 15 is 0 Å². The van der Waals surface area contributed by atoms with Gasteiger partial charge in [-0.1, -0.05) is 57.7 Å². The minimum Gasteiger partial charge on any atom is -0.352 e. The molecule has 0 aliphatic heterocycles. The Labute approximate surface area is 235 Å². The topological polar surface area (TPSA) is 91.1 Å². The van der Waals surface area contributed by atoms with Crippen molar-refractivity contribution < 1.29 is 14.0 Å². The molecule has 2 N–H and O–H groups in total. The van der Waals surface area contributed by atoms with Gasteiger partial charge in [-0.2, -0.15) is 5.10 Å². The average molecular weight is 558 g/mol. The van der Waals surface area contributed by atoms with Crippen LogP contribution in [0.5, 0.6) is 0 Å². The highest BCUT2D eigenvalue weighted by atomic mass is 35.5. The summed E-state index contributed by atoms with van der Waals surface area (Å²) in [5, 5.41) is 16.2. The first kappa shape index (κ1) is 30.5. The minimum atomic E-state index is -0.549. The average Bonchev–Trinajstić information content (AvgIpc) is 2.87. The Hall–Kier alpha value is -3.00. The van der Waals surface area contributed by atoms with Crippen LogP contribution in [0.1, 0.15) is 78.7 Å². The van der Waals surface area contributed by atoms with Gasteiger partial charge in [0.15, 0.2) is 0 Å². The SMILES string of the molecule is CC(C)(CN(CC/C=C/n1nc(-c2ccc(F)c(Cl)c2)cc(C(C)(C)C)c1=N)C(=O)C1CCCCC1)NC=O. The number of carbonyl (C=O) groups excluding carboxylic acids is 2. The molecule has 0 bridgehead atoms. The predicted molar refractivity (Wildman–Crippen MR) is 154 cm³/mol. The summed E-state index contributed by atoms with van der Waals surface area (Å²) in [5.41, 5.74) is 1.40. The fourth-order valence-corrected chi connectivity index (χ4v) is 5.14. The third-order valence-electron chi connectivity index (χ3n) is 7.12. The Morgan fingerprint density at radius 2 is 1.90 bits per heavy atom. The summed E-state index contributed by atoms with van der Waals surface area (Å²) in [6.45, 7) is 10.8. The number of nitrogens with zero attached hydrogens (tertiary/aromatic N) is 3. The van der Waals surface area contributed by atoms with Crippen molar-refractivity contribution in [3.05, 3.63) is 52.2 Å². The summed E-state index contributed by atoms with van der Waals surface area (Å²) in [6, 6.07) is 6.32. The number of rotatable bonds is 10. The van der Waals surface area contributed by atoms with E-state index in [4.69, 9.17) is 17.0 Å². The van der Waals surface area contributed by atoms with Gasteiger partial charge in [0, 0.05) is 36.3 Å². The lowest BCUT2D eigenvalue weighted by Gasteiger charge is -2.35. The van der Waals surface area contributed by atoms with E-state index in [0.717, 1.165) is 31.2 Å². The molecule has 39 heavy (non-hydrogen) atoms. The third kappa shape index (κ3) is 8.24. The zero-order valence-electron chi connectivity index (χ0n) is 23.7. The minimum absolute atomic E-state index is 0.0124. The molecule has 1 aromatic heterocycles. The molecule has 1 aromatic carbocycles.